The largest absolute Gasteiger partial charge is 0.396 e. The van der Waals surface area contributed by atoms with Gasteiger partial charge >= 0.3 is 0 Å². The van der Waals surface area contributed by atoms with Gasteiger partial charge in [0.15, 0.2) is 0 Å². The number of carbonyl (C=O) groups excluding carboxylic acids is 1. The maximum atomic E-state index is 11.9. The van der Waals surface area contributed by atoms with Crippen LogP contribution in [0, 0.1) is 0 Å². The van der Waals surface area contributed by atoms with Crippen LogP contribution in [0.2, 0.25) is 0 Å². The third-order valence-electron chi connectivity index (χ3n) is 4.16. The van der Waals surface area contributed by atoms with Crippen LogP contribution in [0.25, 0.3) is 0 Å². The molecule has 1 N–H and O–H groups in total. The van der Waals surface area contributed by atoms with Crippen LogP contribution in [0.5, 0.6) is 0 Å². The summed E-state index contributed by atoms with van der Waals surface area (Å²) in [4.78, 5) is 13.9. The van der Waals surface area contributed by atoms with E-state index in [1.165, 1.54) is 51.4 Å². The molecule has 1 saturated heterocycles. The number of aliphatic hydroxyl groups is 1. The highest BCUT2D eigenvalue weighted by Gasteiger charge is 2.15. The van der Waals surface area contributed by atoms with Crippen LogP contribution in [0.1, 0.15) is 70.6 Å². The lowest BCUT2D eigenvalue weighted by Gasteiger charge is -2.26. The molecule has 4 heteroatoms. The second-order valence-electron chi connectivity index (χ2n) is 6.00. The molecule has 1 fully saturated rings. The van der Waals surface area contributed by atoms with Crippen molar-refractivity contribution in [2.24, 2.45) is 0 Å². The molecule has 0 aromatic rings. The lowest BCUT2D eigenvalue weighted by Crippen LogP contribution is -2.40. The van der Waals surface area contributed by atoms with Crippen LogP contribution in [-0.2, 0) is 9.53 Å². The van der Waals surface area contributed by atoms with Crippen molar-refractivity contribution in [1.82, 2.24) is 4.90 Å². The molecule has 0 spiro atoms. The second-order valence-corrected chi connectivity index (χ2v) is 6.00. The first-order chi connectivity index (χ1) is 10.3. The molecule has 1 aliphatic rings. The molecule has 0 radical (unpaired) electrons. The Morgan fingerprint density at radius 1 is 0.810 bits per heavy atom. The summed E-state index contributed by atoms with van der Waals surface area (Å²) in [5, 5.41) is 8.68. The smallest absolute Gasteiger partial charge is 0.222 e. The summed E-state index contributed by atoms with van der Waals surface area (Å²) < 4.78 is 5.25. The maximum absolute atomic E-state index is 11.9. The topological polar surface area (TPSA) is 49.8 Å². The lowest BCUT2D eigenvalue weighted by atomic mass is 10.1. The van der Waals surface area contributed by atoms with Crippen LogP contribution in [0.3, 0.4) is 0 Å². The lowest BCUT2D eigenvalue weighted by molar-refractivity contribution is -0.135. The summed E-state index contributed by atoms with van der Waals surface area (Å²) in [6, 6.07) is 0. The van der Waals surface area contributed by atoms with E-state index in [9.17, 15) is 4.79 Å². The second kappa shape index (κ2) is 13.1. The Bertz CT molecular complexity index is 252. The Balaban J connectivity index is 1.80. The summed E-state index contributed by atoms with van der Waals surface area (Å²) in [5.41, 5.74) is 0. The average Bonchev–Trinajstić information content (AvgIpc) is 2.53. The van der Waals surface area contributed by atoms with Crippen molar-refractivity contribution in [2.75, 3.05) is 32.9 Å². The number of amides is 1. The summed E-state index contributed by atoms with van der Waals surface area (Å²) in [5.74, 6) is 0.308. The van der Waals surface area contributed by atoms with E-state index in [-0.39, 0.29) is 0 Å². The Kier molecular flexibility index (Phi) is 11.5. The number of nitrogens with zero attached hydrogens (tertiary/aromatic N) is 1. The molecule has 4 nitrogen and oxygen atoms in total. The van der Waals surface area contributed by atoms with Gasteiger partial charge in [0.25, 0.3) is 0 Å². The minimum absolute atomic E-state index is 0.308. The normalized spacial score (nSPS) is 15.4. The SMILES string of the molecule is O=C(CCCCCCCCCCCCO)N1CCOCC1. The van der Waals surface area contributed by atoms with Gasteiger partial charge in [0.2, 0.25) is 5.91 Å². The molecule has 0 aromatic carbocycles. The van der Waals surface area contributed by atoms with Gasteiger partial charge in [0, 0.05) is 26.1 Å². The Morgan fingerprint density at radius 2 is 1.29 bits per heavy atom. The first-order valence-electron chi connectivity index (χ1n) is 8.81. The van der Waals surface area contributed by atoms with Crippen LogP contribution >= 0.6 is 0 Å². The van der Waals surface area contributed by atoms with Crippen molar-refractivity contribution in [1.29, 1.82) is 0 Å². The number of unbranched alkanes of at least 4 members (excludes halogenated alkanes) is 9. The minimum atomic E-state index is 0.308. The standard InChI is InChI=1S/C17H33NO3/c19-14-10-8-6-4-2-1-3-5-7-9-11-17(20)18-12-15-21-16-13-18/h19H,1-16H2. The van der Waals surface area contributed by atoms with Gasteiger partial charge in [-0.1, -0.05) is 51.4 Å². The van der Waals surface area contributed by atoms with Crippen molar-refractivity contribution >= 4 is 5.91 Å². The zero-order chi connectivity index (χ0) is 15.2. The third-order valence-corrected chi connectivity index (χ3v) is 4.16. The molecule has 0 atom stereocenters. The minimum Gasteiger partial charge on any atom is -0.396 e. The highest BCUT2D eigenvalue weighted by molar-refractivity contribution is 5.76. The van der Waals surface area contributed by atoms with E-state index in [2.05, 4.69) is 0 Å². The fourth-order valence-electron chi connectivity index (χ4n) is 2.77. The van der Waals surface area contributed by atoms with Crippen molar-refractivity contribution < 1.29 is 14.6 Å². The van der Waals surface area contributed by atoms with Gasteiger partial charge < -0.3 is 14.7 Å². The van der Waals surface area contributed by atoms with Gasteiger partial charge in [0.05, 0.1) is 13.2 Å². The van der Waals surface area contributed by atoms with Crippen molar-refractivity contribution in [3.8, 4) is 0 Å². The quantitative estimate of drug-likeness (QED) is 0.563. The number of morpholine rings is 1. The molecule has 21 heavy (non-hydrogen) atoms. The number of carbonyl (C=O) groups is 1. The molecule has 0 unspecified atom stereocenters. The highest BCUT2D eigenvalue weighted by Crippen LogP contribution is 2.12. The first-order valence-corrected chi connectivity index (χ1v) is 8.81. The summed E-state index contributed by atoms with van der Waals surface area (Å²) in [6.07, 6.45) is 12.8. The summed E-state index contributed by atoms with van der Waals surface area (Å²) >= 11 is 0. The summed E-state index contributed by atoms with van der Waals surface area (Å²) in [7, 11) is 0. The molecule has 0 aromatic heterocycles. The first kappa shape index (κ1) is 18.4. The van der Waals surface area contributed by atoms with E-state index in [0.29, 0.717) is 32.1 Å². The van der Waals surface area contributed by atoms with E-state index in [0.717, 1.165) is 25.9 Å². The van der Waals surface area contributed by atoms with E-state index in [1.54, 1.807) is 0 Å². The van der Waals surface area contributed by atoms with Gasteiger partial charge in [0.1, 0.15) is 0 Å². The number of aliphatic hydroxyl groups excluding tert-OH is 1. The number of rotatable bonds is 12. The monoisotopic (exact) mass is 299 g/mol. The molecule has 1 rings (SSSR count). The Hall–Kier alpha value is -0.610. The number of hydrogen-bond donors (Lipinski definition) is 1. The molecule has 0 saturated carbocycles. The summed E-state index contributed by atoms with van der Waals surface area (Å²) in [6.45, 7) is 3.28. The van der Waals surface area contributed by atoms with Gasteiger partial charge in [-0.25, -0.2) is 0 Å². The fraction of sp³-hybridized carbons (Fsp3) is 0.941. The maximum Gasteiger partial charge on any atom is 0.222 e. The van der Waals surface area contributed by atoms with Gasteiger partial charge in [-0.15, -0.1) is 0 Å². The van der Waals surface area contributed by atoms with E-state index in [4.69, 9.17) is 9.84 Å². The van der Waals surface area contributed by atoms with Crippen LogP contribution < -0.4 is 0 Å². The fourth-order valence-corrected chi connectivity index (χ4v) is 2.77. The van der Waals surface area contributed by atoms with Crippen molar-refractivity contribution in [2.45, 2.75) is 70.6 Å². The predicted octanol–water partition coefficient (Wildman–Crippen LogP) is 3.13. The highest BCUT2D eigenvalue weighted by atomic mass is 16.5. The van der Waals surface area contributed by atoms with E-state index < -0.39 is 0 Å². The molecular weight excluding hydrogens is 266 g/mol. The van der Waals surface area contributed by atoms with Crippen molar-refractivity contribution in [3.05, 3.63) is 0 Å². The molecule has 0 aliphatic carbocycles. The Morgan fingerprint density at radius 3 is 1.81 bits per heavy atom. The molecule has 1 aliphatic heterocycles. The van der Waals surface area contributed by atoms with Gasteiger partial charge in [-0.2, -0.15) is 0 Å². The molecule has 124 valence electrons. The van der Waals surface area contributed by atoms with Crippen molar-refractivity contribution in [3.63, 3.8) is 0 Å². The molecule has 1 heterocycles. The molecule has 1 amide bonds. The third kappa shape index (κ3) is 9.86. The van der Waals surface area contributed by atoms with Crippen LogP contribution in [0.4, 0.5) is 0 Å². The zero-order valence-electron chi connectivity index (χ0n) is 13.5. The number of hydrogen-bond acceptors (Lipinski definition) is 3. The van der Waals surface area contributed by atoms with Gasteiger partial charge in [-0.3, -0.25) is 4.79 Å². The van der Waals surface area contributed by atoms with Crippen LogP contribution in [-0.4, -0.2) is 48.8 Å². The van der Waals surface area contributed by atoms with E-state index >= 15 is 0 Å². The predicted molar refractivity (Wildman–Crippen MR) is 85.3 cm³/mol. The zero-order valence-corrected chi connectivity index (χ0v) is 13.5. The Labute approximate surface area is 129 Å². The van der Waals surface area contributed by atoms with Gasteiger partial charge in [-0.05, 0) is 12.8 Å². The number of ether oxygens (including phenoxy) is 1. The molecular formula is C17H33NO3. The van der Waals surface area contributed by atoms with E-state index in [1.807, 2.05) is 4.90 Å². The van der Waals surface area contributed by atoms with Crippen LogP contribution in [0.15, 0.2) is 0 Å². The average molecular weight is 299 g/mol. The molecule has 0 bridgehead atoms.